The van der Waals surface area contributed by atoms with E-state index in [9.17, 15) is 9.59 Å². The maximum Gasteiger partial charge on any atom is 0.315 e. The quantitative estimate of drug-likeness (QED) is 0.676. The first kappa shape index (κ1) is 11.7. The molecule has 0 aliphatic heterocycles. The molecule has 1 aromatic rings. The molecule has 1 amide bonds. The highest BCUT2D eigenvalue weighted by molar-refractivity contribution is 9.10. The minimum Gasteiger partial charge on any atom is -0.469 e. The van der Waals surface area contributed by atoms with E-state index in [1.165, 1.54) is 7.11 Å². The Balaban J connectivity index is 2.59. The van der Waals surface area contributed by atoms with Crippen LogP contribution >= 0.6 is 15.9 Å². The fourth-order valence-electron chi connectivity index (χ4n) is 0.960. The first-order valence-electron chi connectivity index (χ1n) is 4.24. The first-order valence-corrected chi connectivity index (χ1v) is 5.04. The lowest BCUT2D eigenvalue weighted by atomic mass is 10.3. The Morgan fingerprint density at radius 1 is 1.40 bits per heavy atom. The van der Waals surface area contributed by atoms with Gasteiger partial charge in [0.25, 0.3) is 0 Å². The zero-order valence-corrected chi connectivity index (χ0v) is 9.71. The molecule has 0 saturated carbocycles. The smallest absolute Gasteiger partial charge is 0.315 e. The van der Waals surface area contributed by atoms with Crippen molar-refractivity contribution in [3.8, 4) is 0 Å². The molecular formula is C10H10BrNO3. The van der Waals surface area contributed by atoms with Gasteiger partial charge in [0, 0.05) is 4.47 Å². The van der Waals surface area contributed by atoms with Gasteiger partial charge in [-0.05, 0) is 28.1 Å². The third-order valence-electron chi connectivity index (χ3n) is 1.68. The zero-order chi connectivity index (χ0) is 11.3. The molecule has 0 aromatic heterocycles. The van der Waals surface area contributed by atoms with E-state index in [0.717, 1.165) is 4.47 Å². The second kappa shape index (κ2) is 5.50. The SMILES string of the molecule is COC(=O)CC(=O)Nc1ccccc1Br. The third-order valence-corrected chi connectivity index (χ3v) is 2.37. The van der Waals surface area contributed by atoms with Gasteiger partial charge in [-0.25, -0.2) is 0 Å². The summed E-state index contributed by atoms with van der Waals surface area (Å²) in [6, 6.07) is 7.16. The molecule has 1 N–H and O–H groups in total. The summed E-state index contributed by atoms with van der Waals surface area (Å²) in [5, 5.41) is 2.59. The number of methoxy groups -OCH3 is 1. The molecule has 0 aliphatic rings. The Labute approximate surface area is 95.7 Å². The van der Waals surface area contributed by atoms with Crippen molar-refractivity contribution in [1.82, 2.24) is 0 Å². The summed E-state index contributed by atoms with van der Waals surface area (Å²) in [7, 11) is 1.24. The molecule has 0 unspecified atom stereocenters. The molecule has 0 spiro atoms. The van der Waals surface area contributed by atoms with Crippen molar-refractivity contribution in [2.75, 3.05) is 12.4 Å². The molecule has 1 aromatic carbocycles. The molecule has 0 saturated heterocycles. The lowest BCUT2D eigenvalue weighted by molar-refractivity contribution is -0.142. The van der Waals surface area contributed by atoms with Crippen LogP contribution in [0.5, 0.6) is 0 Å². The van der Waals surface area contributed by atoms with Gasteiger partial charge in [-0.3, -0.25) is 9.59 Å². The second-order valence-electron chi connectivity index (χ2n) is 2.78. The van der Waals surface area contributed by atoms with E-state index in [1.54, 1.807) is 18.2 Å². The van der Waals surface area contributed by atoms with Crippen LogP contribution in [0.15, 0.2) is 28.7 Å². The van der Waals surface area contributed by atoms with Crippen LogP contribution in [0, 0.1) is 0 Å². The zero-order valence-electron chi connectivity index (χ0n) is 8.12. The Hall–Kier alpha value is -1.36. The standard InChI is InChI=1S/C10H10BrNO3/c1-15-10(14)6-9(13)12-8-5-3-2-4-7(8)11/h2-5H,6H2,1H3,(H,12,13). The van der Waals surface area contributed by atoms with Crippen LogP contribution in [-0.4, -0.2) is 19.0 Å². The van der Waals surface area contributed by atoms with Crippen molar-refractivity contribution in [1.29, 1.82) is 0 Å². The fourth-order valence-corrected chi connectivity index (χ4v) is 1.34. The minimum atomic E-state index is -0.556. The number of nitrogens with one attached hydrogen (secondary N) is 1. The number of rotatable bonds is 3. The molecule has 5 heteroatoms. The number of benzene rings is 1. The van der Waals surface area contributed by atoms with Crippen LogP contribution in [0.3, 0.4) is 0 Å². The predicted molar refractivity (Wildman–Crippen MR) is 59.4 cm³/mol. The highest BCUT2D eigenvalue weighted by Crippen LogP contribution is 2.21. The van der Waals surface area contributed by atoms with E-state index in [4.69, 9.17) is 0 Å². The van der Waals surface area contributed by atoms with E-state index < -0.39 is 11.9 Å². The third kappa shape index (κ3) is 3.71. The van der Waals surface area contributed by atoms with Crippen molar-refractivity contribution in [3.63, 3.8) is 0 Å². The molecule has 1 rings (SSSR count). The lowest BCUT2D eigenvalue weighted by Crippen LogP contribution is -2.17. The second-order valence-corrected chi connectivity index (χ2v) is 3.64. The number of hydrogen-bond donors (Lipinski definition) is 1. The molecule has 0 bridgehead atoms. The lowest BCUT2D eigenvalue weighted by Gasteiger charge is -2.05. The molecule has 15 heavy (non-hydrogen) atoms. The summed E-state index contributed by atoms with van der Waals surface area (Å²) in [4.78, 5) is 22.1. The van der Waals surface area contributed by atoms with Gasteiger partial charge in [-0.1, -0.05) is 12.1 Å². The fraction of sp³-hybridized carbons (Fsp3) is 0.200. The highest BCUT2D eigenvalue weighted by atomic mass is 79.9. The molecule has 0 atom stereocenters. The van der Waals surface area contributed by atoms with Crippen LogP contribution in [0.1, 0.15) is 6.42 Å². The van der Waals surface area contributed by atoms with Gasteiger partial charge in [0.15, 0.2) is 0 Å². The van der Waals surface area contributed by atoms with Crippen molar-refractivity contribution >= 4 is 33.5 Å². The molecule has 0 aliphatic carbocycles. The summed E-state index contributed by atoms with van der Waals surface area (Å²) in [5.74, 6) is -0.951. The van der Waals surface area contributed by atoms with Crippen molar-refractivity contribution in [2.45, 2.75) is 6.42 Å². The van der Waals surface area contributed by atoms with E-state index in [-0.39, 0.29) is 6.42 Å². The van der Waals surface area contributed by atoms with Gasteiger partial charge in [0.05, 0.1) is 12.8 Å². The summed E-state index contributed by atoms with van der Waals surface area (Å²) in [6.07, 6.45) is -0.280. The van der Waals surface area contributed by atoms with Gasteiger partial charge in [-0.15, -0.1) is 0 Å². The Morgan fingerprint density at radius 2 is 2.07 bits per heavy atom. The minimum absolute atomic E-state index is 0.280. The number of anilines is 1. The van der Waals surface area contributed by atoms with Gasteiger partial charge >= 0.3 is 5.97 Å². The molecule has 0 radical (unpaired) electrons. The Bertz CT molecular complexity index is 379. The maximum atomic E-state index is 11.3. The monoisotopic (exact) mass is 271 g/mol. The van der Waals surface area contributed by atoms with E-state index in [0.29, 0.717) is 5.69 Å². The van der Waals surface area contributed by atoms with Crippen LogP contribution in [0.4, 0.5) is 5.69 Å². The summed E-state index contributed by atoms with van der Waals surface area (Å²) in [6.45, 7) is 0. The number of hydrogen-bond acceptors (Lipinski definition) is 3. The Morgan fingerprint density at radius 3 is 2.67 bits per heavy atom. The Kier molecular flexibility index (Phi) is 4.30. The average Bonchev–Trinajstić information content (AvgIpc) is 2.21. The van der Waals surface area contributed by atoms with Crippen molar-refractivity contribution < 1.29 is 14.3 Å². The van der Waals surface area contributed by atoms with Gasteiger partial charge in [-0.2, -0.15) is 0 Å². The predicted octanol–water partition coefficient (Wildman–Crippen LogP) is 1.95. The number of para-hydroxylation sites is 1. The molecule has 4 nitrogen and oxygen atoms in total. The van der Waals surface area contributed by atoms with Gasteiger partial charge < -0.3 is 10.1 Å². The first-order chi connectivity index (χ1) is 7.13. The molecule has 80 valence electrons. The molecular weight excluding hydrogens is 262 g/mol. The van der Waals surface area contributed by atoms with Gasteiger partial charge in [0.1, 0.15) is 6.42 Å². The summed E-state index contributed by atoms with van der Waals surface area (Å²) in [5.41, 5.74) is 0.631. The number of ether oxygens (including phenoxy) is 1. The van der Waals surface area contributed by atoms with Crippen molar-refractivity contribution in [3.05, 3.63) is 28.7 Å². The van der Waals surface area contributed by atoms with Crippen LogP contribution < -0.4 is 5.32 Å². The molecule has 0 heterocycles. The van der Waals surface area contributed by atoms with E-state index >= 15 is 0 Å². The number of halogens is 1. The maximum absolute atomic E-state index is 11.3. The highest BCUT2D eigenvalue weighted by Gasteiger charge is 2.10. The number of carbonyl (C=O) groups is 2. The molecule has 0 fully saturated rings. The average molecular weight is 272 g/mol. The normalized spacial score (nSPS) is 9.47. The van der Waals surface area contributed by atoms with Gasteiger partial charge in [0.2, 0.25) is 5.91 Å². The van der Waals surface area contributed by atoms with Crippen molar-refractivity contribution in [2.24, 2.45) is 0 Å². The number of carbonyl (C=O) groups excluding carboxylic acids is 2. The summed E-state index contributed by atoms with van der Waals surface area (Å²) >= 11 is 3.28. The van der Waals surface area contributed by atoms with Crippen LogP contribution in [0.2, 0.25) is 0 Å². The number of amides is 1. The largest absolute Gasteiger partial charge is 0.469 e. The summed E-state index contributed by atoms with van der Waals surface area (Å²) < 4.78 is 5.14. The van der Waals surface area contributed by atoms with Crippen LogP contribution in [-0.2, 0) is 14.3 Å². The van der Waals surface area contributed by atoms with E-state index in [2.05, 4.69) is 26.0 Å². The topological polar surface area (TPSA) is 55.4 Å². The van der Waals surface area contributed by atoms with E-state index in [1.807, 2.05) is 6.07 Å². The number of esters is 1. The van der Waals surface area contributed by atoms with Crippen LogP contribution in [0.25, 0.3) is 0 Å².